The number of carbonyl (C=O) groups is 1. The molecule has 0 fully saturated rings. The molecule has 27 heavy (non-hydrogen) atoms. The molecule has 0 spiro atoms. The summed E-state index contributed by atoms with van der Waals surface area (Å²) >= 11 is 0. The number of nitrogens with zero attached hydrogens (tertiary/aromatic N) is 1. The number of hydrogen-bond acceptors (Lipinski definition) is 3. The minimum absolute atomic E-state index is 0.0770. The van der Waals surface area contributed by atoms with E-state index < -0.39 is 10.0 Å². The quantitative estimate of drug-likeness (QED) is 0.755. The average Bonchev–Trinajstić information content (AvgIpc) is 2.64. The van der Waals surface area contributed by atoms with Gasteiger partial charge in [0.05, 0.1) is 4.90 Å². The van der Waals surface area contributed by atoms with E-state index in [1.165, 1.54) is 5.56 Å². The third-order valence-corrected chi connectivity index (χ3v) is 6.14. The van der Waals surface area contributed by atoms with Gasteiger partial charge in [-0.15, -0.1) is 0 Å². The second kappa shape index (κ2) is 9.15. The first kappa shape index (κ1) is 21.1. The lowest BCUT2D eigenvalue weighted by Gasteiger charge is -2.18. The maximum absolute atomic E-state index is 12.5. The van der Waals surface area contributed by atoms with Crippen LogP contribution in [0.1, 0.15) is 35.6 Å². The van der Waals surface area contributed by atoms with Crippen molar-refractivity contribution in [2.24, 2.45) is 0 Å². The predicted molar refractivity (Wildman–Crippen MR) is 108 cm³/mol. The number of nitrogens with one attached hydrogen (secondary N) is 1. The second-order valence-corrected chi connectivity index (χ2v) is 8.57. The third kappa shape index (κ3) is 5.91. The molecule has 0 aliphatic rings. The highest BCUT2D eigenvalue weighted by atomic mass is 32.2. The van der Waals surface area contributed by atoms with E-state index in [9.17, 15) is 13.2 Å². The number of benzene rings is 2. The minimum atomic E-state index is -3.62. The van der Waals surface area contributed by atoms with Crippen molar-refractivity contribution >= 4 is 15.9 Å². The minimum Gasteiger partial charge on any atom is -0.341 e. The summed E-state index contributed by atoms with van der Waals surface area (Å²) in [5.74, 6) is -0.0989. The van der Waals surface area contributed by atoms with E-state index in [2.05, 4.69) is 23.8 Å². The number of sulfonamides is 1. The van der Waals surface area contributed by atoms with E-state index in [-0.39, 0.29) is 23.8 Å². The summed E-state index contributed by atoms with van der Waals surface area (Å²) in [6.07, 6.45) is 1.10. The van der Waals surface area contributed by atoms with Gasteiger partial charge in [0.1, 0.15) is 0 Å². The third-order valence-electron chi connectivity index (χ3n) is 4.54. The molecule has 0 bridgehead atoms. The van der Waals surface area contributed by atoms with Gasteiger partial charge < -0.3 is 4.90 Å². The standard InChI is InChI=1S/C21H28N2O3S/c1-5-18-8-10-19(11-9-18)15-23(4)21(24)12-13-22-27(25,26)20-14-16(2)6-7-17(20)3/h6-11,14,22H,5,12-13,15H2,1-4H3. The lowest BCUT2D eigenvalue weighted by atomic mass is 10.1. The fourth-order valence-corrected chi connectivity index (χ4v) is 4.16. The van der Waals surface area contributed by atoms with Gasteiger partial charge in [-0.25, -0.2) is 13.1 Å². The topological polar surface area (TPSA) is 66.5 Å². The van der Waals surface area contributed by atoms with Crippen molar-refractivity contribution in [3.8, 4) is 0 Å². The maximum atomic E-state index is 12.5. The number of rotatable bonds is 8. The zero-order chi connectivity index (χ0) is 20.0. The molecule has 6 heteroatoms. The Kier molecular flexibility index (Phi) is 7.16. The molecule has 2 aromatic carbocycles. The van der Waals surface area contributed by atoms with E-state index in [0.717, 1.165) is 17.5 Å². The normalized spacial score (nSPS) is 11.4. The monoisotopic (exact) mass is 388 g/mol. The molecule has 0 heterocycles. The zero-order valence-electron chi connectivity index (χ0n) is 16.5. The van der Waals surface area contributed by atoms with Gasteiger partial charge in [0.15, 0.2) is 0 Å². The van der Waals surface area contributed by atoms with Gasteiger partial charge in [0.2, 0.25) is 15.9 Å². The van der Waals surface area contributed by atoms with Crippen LogP contribution in [0.5, 0.6) is 0 Å². The Morgan fingerprint density at radius 1 is 1.04 bits per heavy atom. The molecule has 0 aromatic heterocycles. The van der Waals surface area contributed by atoms with Gasteiger partial charge in [0.25, 0.3) is 0 Å². The molecule has 1 N–H and O–H groups in total. The van der Waals surface area contributed by atoms with Crippen LogP contribution in [0.3, 0.4) is 0 Å². The van der Waals surface area contributed by atoms with Crippen molar-refractivity contribution in [2.45, 2.75) is 45.1 Å². The lowest BCUT2D eigenvalue weighted by molar-refractivity contribution is -0.130. The van der Waals surface area contributed by atoms with Gasteiger partial charge >= 0.3 is 0 Å². The Morgan fingerprint density at radius 2 is 1.67 bits per heavy atom. The van der Waals surface area contributed by atoms with Crippen LogP contribution in [-0.2, 0) is 27.8 Å². The van der Waals surface area contributed by atoms with Gasteiger partial charge in [-0.05, 0) is 48.6 Å². The molecular weight excluding hydrogens is 360 g/mol. The summed E-state index contributed by atoms with van der Waals surface area (Å²) in [5.41, 5.74) is 3.88. The molecule has 0 unspecified atom stereocenters. The van der Waals surface area contributed by atoms with Crippen LogP contribution < -0.4 is 4.72 Å². The first-order valence-electron chi connectivity index (χ1n) is 9.11. The highest BCUT2D eigenvalue weighted by molar-refractivity contribution is 7.89. The Morgan fingerprint density at radius 3 is 2.30 bits per heavy atom. The van der Waals surface area contributed by atoms with Crippen LogP contribution in [0.15, 0.2) is 47.4 Å². The van der Waals surface area contributed by atoms with Crippen molar-refractivity contribution in [1.29, 1.82) is 0 Å². The van der Waals surface area contributed by atoms with Crippen LogP contribution in [-0.4, -0.2) is 32.8 Å². The number of aryl methyl sites for hydroxylation is 3. The van der Waals surface area contributed by atoms with Gasteiger partial charge in [0, 0.05) is 26.6 Å². The van der Waals surface area contributed by atoms with Crippen LogP contribution in [0, 0.1) is 13.8 Å². The largest absolute Gasteiger partial charge is 0.341 e. The molecule has 2 rings (SSSR count). The van der Waals surface area contributed by atoms with Gasteiger partial charge in [-0.3, -0.25) is 4.79 Å². The van der Waals surface area contributed by atoms with Crippen LogP contribution in [0.25, 0.3) is 0 Å². The summed E-state index contributed by atoms with van der Waals surface area (Å²) in [5, 5.41) is 0. The molecule has 0 saturated heterocycles. The molecule has 5 nitrogen and oxygen atoms in total. The fraction of sp³-hybridized carbons (Fsp3) is 0.381. The summed E-state index contributed by atoms with van der Waals surface area (Å²) < 4.78 is 27.5. The van der Waals surface area contributed by atoms with Crippen molar-refractivity contribution in [1.82, 2.24) is 9.62 Å². The van der Waals surface area contributed by atoms with Crippen LogP contribution in [0.4, 0.5) is 0 Å². The molecule has 0 aliphatic heterocycles. The smallest absolute Gasteiger partial charge is 0.240 e. The summed E-state index contributed by atoms with van der Waals surface area (Å²) in [6, 6.07) is 13.5. The Hall–Kier alpha value is -2.18. The van der Waals surface area contributed by atoms with E-state index in [4.69, 9.17) is 0 Å². The molecule has 0 aliphatic carbocycles. The van der Waals surface area contributed by atoms with Gasteiger partial charge in [-0.1, -0.05) is 43.3 Å². The maximum Gasteiger partial charge on any atom is 0.240 e. The molecule has 0 atom stereocenters. The highest BCUT2D eigenvalue weighted by Crippen LogP contribution is 2.16. The number of amides is 1. The van der Waals surface area contributed by atoms with Crippen molar-refractivity contribution < 1.29 is 13.2 Å². The predicted octanol–water partition coefficient (Wildman–Crippen LogP) is 3.19. The Bertz CT molecular complexity index is 890. The summed E-state index contributed by atoms with van der Waals surface area (Å²) in [4.78, 5) is 14.2. The van der Waals surface area contributed by atoms with Gasteiger partial charge in [-0.2, -0.15) is 0 Å². The van der Waals surface area contributed by atoms with Crippen molar-refractivity contribution in [3.63, 3.8) is 0 Å². The van der Waals surface area contributed by atoms with Crippen LogP contribution in [0.2, 0.25) is 0 Å². The van der Waals surface area contributed by atoms with E-state index in [1.54, 1.807) is 31.0 Å². The van der Waals surface area contributed by atoms with Crippen molar-refractivity contribution in [3.05, 3.63) is 64.7 Å². The van der Waals surface area contributed by atoms with E-state index >= 15 is 0 Å². The number of carbonyl (C=O) groups excluding carboxylic acids is 1. The zero-order valence-corrected chi connectivity index (χ0v) is 17.3. The second-order valence-electron chi connectivity index (χ2n) is 6.84. The molecule has 146 valence electrons. The Balaban J connectivity index is 1.89. The first-order chi connectivity index (χ1) is 12.7. The molecule has 0 radical (unpaired) electrons. The molecule has 0 saturated carbocycles. The van der Waals surface area contributed by atoms with Crippen LogP contribution >= 0.6 is 0 Å². The van der Waals surface area contributed by atoms with Crippen molar-refractivity contribution in [2.75, 3.05) is 13.6 Å². The Labute approximate surface area is 162 Å². The van der Waals surface area contributed by atoms with E-state index in [1.807, 2.05) is 25.1 Å². The molecule has 2 aromatic rings. The van der Waals surface area contributed by atoms with E-state index in [0.29, 0.717) is 12.1 Å². The summed E-state index contributed by atoms with van der Waals surface area (Å²) in [7, 11) is -1.89. The molecule has 1 amide bonds. The highest BCUT2D eigenvalue weighted by Gasteiger charge is 2.18. The summed E-state index contributed by atoms with van der Waals surface area (Å²) in [6.45, 7) is 6.30. The lowest BCUT2D eigenvalue weighted by Crippen LogP contribution is -2.32. The number of hydrogen-bond donors (Lipinski definition) is 1. The first-order valence-corrected chi connectivity index (χ1v) is 10.6. The SMILES string of the molecule is CCc1ccc(CN(C)C(=O)CCNS(=O)(=O)c2cc(C)ccc2C)cc1. The average molecular weight is 389 g/mol. The molecular formula is C21H28N2O3S. The fourth-order valence-electron chi connectivity index (χ4n) is 2.80.